The summed E-state index contributed by atoms with van der Waals surface area (Å²) in [4.78, 5) is 23.1. The molecule has 5 heteroatoms. The summed E-state index contributed by atoms with van der Waals surface area (Å²) in [5.74, 6) is 0.318. The van der Waals surface area contributed by atoms with E-state index in [1.807, 2.05) is 52.0 Å². The zero-order valence-electron chi connectivity index (χ0n) is 13.7. The van der Waals surface area contributed by atoms with Gasteiger partial charge >= 0.3 is 5.97 Å². The van der Waals surface area contributed by atoms with Gasteiger partial charge in [0, 0.05) is 6.04 Å². The van der Waals surface area contributed by atoms with Gasteiger partial charge in [0.2, 0.25) is 0 Å². The number of ether oxygens (including phenoxy) is 2. The molecule has 0 heterocycles. The van der Waals surface area contributed by atoms with E-state index in [2.05, 4.69) is 5.32 Å². The summed E-state index contributed by atoms with van der Waals surface area (Å²) in [5.41, 5.74) is 1.15. The van der Waals surface area contributed by atoms with Crippen molar-refractivity contribution in [3.05, 3.63) is 29.8 Å². The van der Waals surface area contributed by atoms with Gasteiger partial charge in [0.05, 0.1) is 13.0 Å². The molecule has 0 saturated carbocycles. The van der Waals surface area contributed by atoms with Crippen LogP contribution in [0.4, 0.5) is 0 Å². The average molecular weight is 307 g/mol. The fraction of sp³-hybridized carbons (Fsp3) is 0.529. The van der Waals surface area contributed by atoms with Gasteiger partial charge in [-0.3, -0.25) is 9.59 Å². The molecule has 0 aliphatic rings. The van der Waals surface area contributed by atoms with Crippen LogP contribution in [0, 0.1) is 12.8 Å². The Morgan fingerprint density at radius 2 is 1.77 bits per heavy atom. The largest absolute Gasteiger partial charge is 0.493 e. The Bertz CT molecular complexity index is 482. The van der Waals surface area contributed by atoms with Crippen LogP contribution in [0.2, 0.25) is 0 Å². The number of carbonyl (C=O) groups excluding carboxylic acids is 2. The molecule has 5 nitrogen and oxygen atoms in total. The first-order chi connectivity index (χ1) is 10.4. The summed E-state index contributed by atoms with van der Waals surface area (Å²) >= 11 is 0. The third-order valence-electron chi connectivity index (χ3n) is 3.35. The van der Waals surface area contributed by atoms with E-state index in [4.69, 9.17) is 9.47 Å². The van der Waals surface area contributed by atoms with Gasteiger partial charge < -0.3 is 14.8 Å². The first-order valence-corrected chi connectivity index (χ1v) is 7.53. The van der Waals surface area contributed by atoms with Crippen molar-refractivity contribution >= 4 is 11.9 Å². The minimum absolute atomic E-state index is 0.0519. The zero-order valence-corrected chi connectivity index (χ0v) is 13.7. The topological polar surface area (TPSA) is 64.6 Å². The molecule has 0 bridgehead atoms. The molecule has 1 aromatic rings. The van der Waals surface area contributed by atoms with E-state index >= 15 is 0 Å². The van der Waals surface area contributed by atoms with Crippen molar-refractivity contribution in [2.75, 3.05) is 13.2 Å². The van der Waals surface area contributed by atoms with Crippen LogP contribution in [0.1, 0.15) is 32.8 Å². The van der Waals surface area contributed by atoms with E-state index in [-0.39, 0.29) is 31.6 Å². The second-order valence-electron chi connectivity index (χ2n) is 5.67. The number of hydrogen-bond acceptors (Lipinski definition) is 4. The highest BCUT2D eigenvalue weighted by molar-refractivity contribution is 5.80. The van der Waals surface area contributed by atoms with E-state index in [0.29, 0.717) is 11.7 Å². The van der Waals surface area contributed by atoms with Gasteiger partial charge in [-0.1, -0.05) is 31.5 Å². The molecule has 1 N–H and O–H groups in total. The Balaban J connectivity index is 2.18. The number of amides is 1. The predicted molar refractivity (Wildman–Crippen MR) is 84.7 cm³/mol. The second-order valence-corrected chi connectivity index (χ2v) is 5.67. The predicted octanol–water partition coefficient (Wildman–Crippen LogP) is 2.47. The standard InChI is InChI=1S/C17H25NO4/c1-12(2)14(4)18-16(19)11-22-17(20)9-10-21-15-7-5-13(3)6-8-15/h5-8,12,14H,9-11H2,1-4H3,(H,18,19). The molecule has 22 heavy (non-hydrogen) atoms. The molecule has 0 saturated heterocycles. The van der Waals surface area contributed by atoms with E-state index in [1.165, 1.54) is 0 Å². The zero-order chi connectivity index (χ0) is 16.5. The average Bonchev–Trinajstić information content (AvgIpc) is 2.47. The van der Waals surface area contributed by atoms with Crippen molar-refractivity contribution < 1.29 is 19.1 Å². The Kier molecular flexibility index (Phi) is 7.43. The minimum atomic E-state index is -0.445. The van der Waals surface area contributed by atoms with Crippen LogP contribution >= 0.6 is 0 Å². The Morgan fingerprint density at radius 3 is 2.36 bits per heavy atom. The summed E-state index contributed by atoms with van der Waals surface area (Å²) in [6, 6.07) is 7.63. The Labute approximate surface area is 132 Å². The fourth-order valence-electron chi connectivity index (χ4n) is 1.57. The molecule has 1 rings (SSSR count). The van der Waals surface area contributed by atoms with Gasteiger partial charge in [-0.15, -0.1) is 0 Å². The van der Waals surface area contributed by atoms with Crippen LogP contribution in [-0.2, 0) is 14.3 Å². The number of aryl methyl sites for hydroxylation is 1. The van der Waals surface area contributed by atoms with E-state index in [9.17, 15) is 9.59 Å². The summed E-state index contributed by atoms with van der Waals surface area (Å²) in [5, 5.41) is 2.77. The number of nitrogens with one attached hydrogen (secondary N) is 1. The third kappa shape index (κ3) is 7.11. The molecule has 122 valence electrons. The Morgan fingerprint density at radius 1 is 1.14 bits per heavy atom. The van der Waals surface area contributed by atoms with Gasteiger partial charge in [-0.2, -0.15) is 0 Å². The van der Waals surface area contributed by atoms with Gasteiger partial charge in [0.1, 0.15) is 5.75 Å². The van der Waals surface area contributed by atoms with Crippen LogP contribution in [0.25, 0.3) is 0 Å². The van der Waals surface area contributed by atoms with Gasteiger partial charge in [0.15, 0.2) is 6.61 Å². The lowest BCUT2D eigenvalue weighted by atomic mass is 10.1. The molecule has 0 aliphatic heterocycles. The molecule has 1 atom stereocenters. The lowest BCUT2D eigenvalue weighted by Crippen LogP contribution is -2.38. The number of benzene rings is 1. The highest BCUT2D eigenvalue weighted by Crippen LogP contribution is 2.11. The maximum atomic E-state index is 11.6. The first-order valence-electron chi connectivity index (χ1n) is 7.53. The van der Waals surface area contributed by atoms with Gasteiger partial charge in [-0.05, 0) is 31.9 Å². The van der Waals surface area contributed by atoms with E-state index in [1.54, 1.807) is 0 Å². The van der Waals surface area contributed by atoms with Crippen molar-refractivity contribution in [2.24, 2.45) is 5.92 Å². The van der Waals surface area contributed by atoms with Crippen molar-refractivity contribution in [3.8, 4) is 5.75 Å². The molecule has 0 fully saturated rings. The maximum Gasteiger partial charge on any atom is 0.309 e. The minimum Gasteiger partial charge on any atom is -0.493 e. The summed E-state index contributed by atoms with van der Waals surface area (Å²) in [6.45, 7) is 7.91. The van der Waals surface area contributed by atoms with Crippen molar-refractivity contribution in [1.29, 1.82) is 0 Å². The van der Waals surface area contributed by atoms with Crippen LogP contribution in [-0.4, -0.2) is 31.1 Å². The molecule has 0 spiro atoms. The number of rotatable bonds is 8. The molecule has 0 aliphatic carbocycles. The van der Waals surface area contributed by atoms with Crippen LogP contribution in [0.3, 0.4) is 0 Å². The molecule has 1 amide bonds. The smallest absolute Gasteiger partial charge is 0.309 e. The SMILES string of the molecule is Cc1ccc(OCCC(=O)OCC(=O)NC(C)C(C)C)cc1. The first kappa shape index (κ1) is 18.0. The van der Waals surface area contributed by atoms with Crippen molar-refractivity contribution in [1.82, 2.24) is 5.32 Å². The van der Waals surface area contributed by atoms with Crippen molar-refractivity contribution in [2.45, 2.75) is 40.2 Å². The fourth-order valence-corrected chi connectivity index (χ4v) is 1.57. The number of hydrogen-bond donors (Lipinski definition) is 1. The maximum absolute atomic E-state index is 11.6. The second kappa shape index (κ2) is 9.07. The summed E-state index contributed by atoms with van der Waals surface area (Å²) in [6.07, 6.45) is 0.112. The number of carbonyl (C=O) groups is 2. The van der Waals surface area contributed by atoms with Gasteiger partial charge in [0.25, 0.3) is 5.91 Å². The van der Waals surface area contributed by atoms with Gasteiger partial charge in [-0.25, -0.2) is 0 Å². The van der Waals surface area contributed by atoms with Crippen molar-refractivity contribution in [3.63, 3.8) is 0 Å². The summed E-state index contributed by atoms with van der Waals surface area (Å²) in [7, 11) is 0. The van der Waals surface area contributed by atoms with Crippen LogP contribution in [0.5, 0.6) is 5.75 Å². The van der Waals surface area contributed by atoms with Crippen LogP contribution < -0.4 is 10.1 Å². The molecular formula is C17H25NO4. The Hall–Kier alpha value is -2.04. The lowest BCUT2D eigenvalue weighted by Gasteiger charge is -2.17. The quantitative estimate of drug-likeness (QED) is 0.749. The third-order valence-corrected chi connectivity index (χ3v) is 3.35. The highest BCUT2D eigenvalue weighted by atomic mass is 16.5. The molecule has 0 radical (unpaired) electrons. The molecule has 0 aromatic heterocycles. The van der Waals surface area contributed by atoms with Crippen LogP contribution in [0.15, 0.2) is 24.3 Å². The van der Waals surface area contributed by atoms with E-state index < -0.39 is 5.97 Å². The monoisotopic (exact) mass is 307 g/mol. The summed E-state index contributed by atoms with van der Waals surface area (Å²) < 4.78 is 10.3. The van der Waals surface area contributed by atoms with E-state index in [0.717, 1.165) is 5.56 Å². The normalized spacial score (nSPS) is 11.9. The number of esters is 1. The molecular weight excluding hydrogens is 282 g/mol. The molecule has 1 unspecified atom stereocenters. The lowest BCUT2D eigenvalue weighted by molar-refractivity contribution is -0.149. The highest BCUT2D eigenvalue weighted by Gasteiger charge is 2.12. The molecule has 1 aromatic carbocycles.